The van der Waals surface area contributed by atoms with Gasteiger partial charge in [-0.2, -0.15) is 0 Å². The standard InChI is InChI=1S/C5H11NO3/c1-8-4-9-5(7)2-3-6/h2-4,6H2,1H3. The van der Waals surface area contributed by atoms with Crippen LogP contribution in [0.4, 0.5) is 0 Å². The number of esters is 1. The van der Waals surface area contributed by atoms with E-state index in [0.29, 0.717) is 6.54 Å². The van der Waals surface area contributed by atoms with Gasteiger partial charge in [-0.05, 0) is 0 Å². The minimum Gasteiger partial charge on any atom is -0.438 e. The molecule has 0 saturated carbocycles. The summed E-state index contributed by atoms with van der Waals surface area (Å²) in [7, 11) is 1.45. The van der Waals surface area contributed by atoms with Gasteiger partial charge in [0.05, 0.1) is 6.42 Å². The third kappa shape index (κ3) is 5.26. The summed E-state index contributed by atoms with van der Waals surface area (Å²) in [5, 5.41) is 0. The van der Waals surface area contributed by atoms with E-state index < -0.39 is 0 Å². The molecule has 0 unspecified atom stereocenters. The minimum absolute atomic E-state index is 0.0127. The highest BCUT2D eigenvalue weighted by Crippen LogP contribution is 1.82. The van der Waals surface area contributed by atoms with Crippen molar-refractivity contribution < 1.29 is 14.3 Å². The second-order valence-corrected chi connectivity index (χ2v) is 1.46. The van der Waals surface area contributed by atoms with Crippen molar-refractivity contribution in [2.45, 2.75) is 6.42 Å². The zero-order valence-corrected chi connectivity index (χ0v) is 5.42. The average Bonchev–Trinajstić information content (AvgIpc) is 1.85. The summed E-state index contributed by atoms with van der Waals surface area (Å²) in [6.45, 7) is 0.335. The molecule has 0 spiro atoms. The van der Waals surface area contributed by atoms with Crippen LogP contribution >= 0.6 is 0 Å². The molecule has 0 atom stereocenters. The molecular formula is C5H11NO3. The van der Waals surface area contributed by atoms with Crippen molar-refractivity contribution in [3.8, 4) is 0 Å². The fourth-order valence-corrected chi connectivity index (χ4v) is 0.315. The Kier molecular flexibility index (Phi) is 5.15. The highest BCUT2D eigenvalue weighted by molar-refractivity contribution is 5.69. The lowest BCUT2D eigenvalue weighted by Gasteiger charge is -1.99. The first-order valence-corrected chi connectivity index (χ1v) is 2.66. The lowest BCUT2D eigenvalue weighted by Crippen LogP contribution is -2.12. The van der Waals surface area contributed by atoms with E-state index in [1.807, 2.05) is 0 Å². The molecule has 0 amide bonds. The zero-order valence-electron chi connectivity index (χ0n) is 5.42. The molecule has 9 heavy (non-hydrogen) atoms. The van der Waals surface area contributed by atoms with Gasteiger partial charge >= 0.3 is 5.97 Å². The molecule has 0 aromatic rings. The second kappa shape index (κ2) is 5.53. The zero-order chi connectivity index (χ0) is 7.11. The van der Waals surface area contributed by atoms with E-state index in [4.69, 9.17) is 5.73 Å². The van der Waals surface area contributed by atoms with Gasteiger partial charge in [0, 0.05) is 13.7 Å². The molecule has 0 rings (SSSR count). The van der Waals surface area contributed by atoms with Gasteiger partial charge in [0.15, 0.2) is 6.79 Å². The molecule has 2 N–H and O–H groups in total. The Morgan fingerprint density at radius 2 is 2.33 bits per heavy atom. The van der Waals surface area contributed by atoms with Gasteiger partial charge in [0.2, 0.25) is 0 Å². The Hall–Kier alpha value is -0.610. The van der Waals surface area contributed by atoms with Gasteiger partial charge in [0.25, 0.3) is 0 Å². The van der Waals surface area contributed by atoms with Crippen LogP contribution in [0.2, 0.25) is 0 Å². The van der Waals surface area contributed by atoms with Crippen LogP contribution in [0.5, 0.6) is 0 Å². The highest BCUT2D eigenvalue weighted by atomic mass is 16.7. The highest BCUT2D eigenvalue weighted by Gasteiger charge is 1.97. The summed E-state index contributed by atoms with van der Waals surface area (Å²) in [6.07, 6.45) is 0.253. The van der Waals surface area contributed by atoms with Crippen LogP contribution in [0.1, 0.15) is 6.42 Å². The van der Waals surface area contributed by atoms with Crippen LogP contribution in [0, 0.1) is 0 Å². The fraction of sp³-hybridized carbons (Fsp3) is 0.800. The summed E-state index contributed by atoms with van der Waals surface area (Å²) in [4.78, 5) is 10.4. The Labute approximate surface area is 53.9 Å². The van der Waals surface area contributed by atoms with E-state index in [9.17, 15) is 4.79 Å². The predicted octanol–water partition coefficient (Wildman–Crippen LogP) is -0.518. The monoisotopic (exact) mass is 133 g/mol. The van der Waals surface area contributed by atoms with Crippen molar-refractivity contribution >= 4 is 5.97 Å². The first-order chi connectivity index (χ1) is 4.31. The third-order valence-electron chi connectivity index (χ3n) is 0.686. The van der Waals surface area contributed by atoms with E-state index in [1.54, 1.807) is 0 Å². The molecule has 0 bridgehead atoms. The topological polar surface area (TPSA) is 61.5 Å². The number of hydrogen-bond acceptors (Lipinski definition) is 4. The van der Waals surface area contributed by atoms with Gasteiger partial charge in [-0.25, -0.2) is 0 Å². The van der Waals surface area contributed by atoms with E-state index in [2.05, 4.69) is 9.47 Å². The Balaban J connectivity index is 3.06. The van der Waals surface area contributed by atoms with Crippen LogP contribution in [0.15, 0.2) is 0 Å². The number of nitrogens with two attached hydrogens (primary N) is 1. The van der Waals surface area contributed by atoms with Crippen LogP contribution in [-0.4, -0.2) is 26.4 Å². The molecule has 0 aliphatic rings. The molecule has 0 heterocycles. The fourth-order valence-electron chi connectivity index (χ4n) is 0.315. The lowest BCUT2D eigenvalue weighted by molar-refractivity contribution is -0.153. The third-order valence-corrected chi connectivity index (χ3v) is 0.686. The number of carbonyl (C=O) groups excluding carboxylic acids is 1. The molecule has 0 fully saturated rings. The normalized spacial score (nSPS) is 9.11. The predicted molar refractivity (Wildman–Crippen MR) is 31.6 cm³/mol. The Morgan fingerprint density at radius 1 is 1.67 bits per heavy atom. The Morgan fingerprint density at radius 3 is 2.78 bits per heavy atom. The quantitative estimate of drug-likeness (QED) is 0.414. The molecule has 0 aromatic heterocycles. The number of hydrogen-bond donors (Lipinski definition) is 1. The molecule has 0 aromatic carbocycles. The van der Waals surface area contributed by atoms with Gasteiger partial charge in [-0.3, -0.25) is 4.79 Å². The number of rotatable bonds is 4. The maximum Gasteiger partial charge on any atom is 0.309 e. The van der Waals surface area contributed by atoms with Gasteiger partial charge in [-0.15, -0.1) is 0 Å². The number of methoxy groups -OCH3 is 1. The maximum absolute atomic E-state index is 10.4. The van der Waals surface area contributed by atoms with E-state index in [-0.39, 0.29) is 19.2 Å². The summed E-state index contributed by atoms with van der Waals surface area (Å²) in [5.74, 6) is -0.320. The van der Waals surface area contributed by atoms with Crippen LogP contribution < -0.4 is 5.73 Å². The van der Waals surface area contributed by atoms with Gasteiger partial charge in [-0.1, -0.05) is 0 Å². The van der Waals surface area contributed by atoms with Crippen molar-refractivity contribution in [3.05, 3.63) is 0 Å². The van der Waals surface area contributed by atoms with E-state index in [1.165, 1.54) is 7.11 Å². The molecule has 54 valence electrons. The van der Waals surface area contributed by atoms with Crippen LogP contribution in [0.3, 0.4) is 0 Å². The largest absolute Gasteiger partial charge is 0.438 e. The van der Waals surface area contributed by atoms with Gasteiger partial charge in [0.1, 0.15) is 0 Å². The van der Waals surface area contributed by atoms with Crippen molar-refractivity contribution in [2.24, 2.45) is 5.73 Å². The minimum atomic E-state index is -0.320. The molecular weight excluding hydrogens is 122 g/mol. The molecule has 4 heteroatoms. The maximum atomic E-state index is 10.4. The van der Waals surface area contributed by atoms with Crippen molar-refractivity contribution in [1.82, 2.24) is 0 Å². The van der Waals surface area contributed by atoms with E-state index >= 15 is 0 Å². The summed E-state index contributed by atoms with van der Waals surface area (Å²) in [5.41, 5.74) is 5.06. The SMILES string of the molecule is COCOC(=O)CCN. The molecule has 0 radical (unpaired) electrons. The molecule has 0 aliphatic heterocycles. The lowest BCUT2D eigenvalue weighted by atomic mass is 10.4. The van der Waals surface area contributed by atoms with E-state index in [0.717, 1.165) is 0 Å². The smallest absolute Gasteiger partial charge is 0.309 e. The number of ether oxygens (including phenoxy) is 2. The van der Waals surface area contributed by atoms with Crippen LogP contribution in [0.25, 0.3) is 0 Å². The van der Waals surface area contributed by atoms with Crippen LogP contribution in [-0.2, 0) is 14.3 Å². The first kappa shape index (κ1) is 8.39. The number of carbonyl (C=O) groups is 1. The van der Waals surface area contributed by atoms with Crippen molar-refractivity contribution in [3.63, 3.8) is 0 Å². The molecule has 0 saturated heterocycles. The molecule has 0 aliphatic carbocycles. The van der Waals surface area contributed by atoms with Crippen molar-refractivity contribution in [1.29, 1.82) is 0 Å². The second-order valence-electron chi connectivity index (χ2n) is 1.46. The average molecular weight is 133 g/mol. The first-order valence-electron chi connectivity index (χ1n) is 2.66. The summed E-state index contributed by atoms with van der Waals surface area (Å²) in [6, 6.07) is 0. The summed E-state index contributed by atoms with van der Waals surface area (Å²) >= 11 is 0. The molecule has 4 nitrogen and oxygen atoms in total. The van der Waals surface area contributed by atoms with Crippen molar-refractivity contribution in [2.75, 3.05) is 20.4 Å². The van der Waals surface area contributed by atoms with Gasteiger partial charge < -0.3 is 15.2 Å². The Bertz CT molecular complexity index is 84.3. The summed E-state index contributed by atoms with van der Waals surface area (Å²) < 4.78 is 8.97.